The highest BCUT2D eigenvalue weighted by Gasteiger charge is 2.07. The summed E-state index contributed by atoms with van der Waals surface area (Å²) in [6.07, 6.45) is 10.0. The second-order valence-corrected chi connectivity index (χ2v) is 6.18. The number of methoxy groups -OCH3 is 1. The molecule has 0 saturated heterocycles. The molecule has 0 bridgehead atoms. The second-order valence-electron chi connectivity index (χ2n) is 5.74. The van der Waals surface area contributed by atoms with Gasteiger partial charge in [-0.25, -0.2) is 0 Å². The van der Waals surface area contributed by atoms with Crippen LogP contribution in [0.1, 0.15) is 17.5 Å². The summed E-state index contributed by atoms with van der Waals surface area (Å²) in [5, 5.41) is 3.56. The first kappa shape index (κ1) is 20.4. The molecule has 1 amide bonds. The molecule has 5 heteroatoms. The summed E-state index contributed by atoms with van der Waals surface area (Å²) in [5.74, 6) is 3.60. The molecule has 0 aliphatic heterocycles. The molecule has 27 heavy (non-hydrogen) atoms. The van der Waals surface area contributed by atoms with Gasteiger partial charge in [-0.2, -0.15) is 0 Å². The van der Waals surface area contributed by atoms with Gasteiger partial charge in [-0.3, -0.25) is 4.79 Å². The third-order valence-corrected chi connectivity index (χ3v) is 3.99. The van der Waals surface area contributed by atoms with Gasteiger partial charge in [0.1, 0.15) is 6.61 Å². The smallest absolute Gasteiger partial charge is 0.220 e. The number of carbonyl (C=O) groups excluding carboxylic acids is 1. The van der Waals surface area contributed by atoms with E-state index in [9.17, 15) is 4.79 Å². The van der Waals surface area contributed by atoms with Crippen LogP contribution in [-0.4, -0.2) is 26.2 Å². The van der Waals surface area contributed by atoms with Crippen LogP contribution in [0.15, 0.2) is 48.5 Å². The van der Waals surface area contributed by atoms with Crippen LogP contribution in [0.4, 0.5) is 0 Å². The average Bonchev–Trinajstić information content (AvgIpc) is 2.68. The molecule has 4 nitrogen and oxygen atoms in total. The Morgan fingerprint density at radius 1 is 1.26 bits per heavy atom. The van der Waals surface area contributed by atoms with Crippen molar-refractivity contribution in [2.45, 2.75) is 12.8 Å². The number of rotatable bonds is 9. The minimum Gasteiger partial charge on any atom is -0.493 e. The van der Waals surface area contributed by atoms with Crippen molar-refractivity contribution in [2.24, 2.45) is 0 Å². The van der Waals surface area contributed by atoms with Gasteiger partial charge in [0.15, 0.2) is 11.5 Å². The van der Waals surface area contributed by atoms with Gasteiger partial charge in [-0.05, 0) is 41.8 Å². The van der Waals surface area contributed by atoms with Gasteiger partial charge < -0.3 is 14.8 Å². The van der Waals surface area contributed by atoms with E-state index in [1.807, 2.05) is 48.6 Å². The monoisotopic (exact) mass is 383 g/mol. The zero-order valence-corrected chi connectivity index (χ0v) is 16.0. The fourth-order valence-corrected chi connectivity index (χ4v) is 2.63. The Hall–Kier alpha value is -2.90. The molecule has 0 aliphatic rings. The minimum atomic E-state index is -0.0163. The largest absolute Gasteiger partial charge is 0.493 e. The number of ether oxygens (including phenoxy) is 2. The third kappa shape index (κ3) is 7.08. The average molecular weight is 384 g/mol. The summed E-state index contributed by atoms with van der Waals surface area (Å²) in [4.78, 5) is 12.0. The van der Waals surface area contributed by atoms with Crippen LogP contribution in [0.3, 0.4) is 0 Å². The van der Waals surface area contributed by atoms with E-state index in [1.165, 1.54) is 0 Å². The zero-order valence-electron chi connectivity index (χ0n) is 15.2. The molecule has 0 fully saturated rings. The first-order valence-electron chi connectivity index (χ1n) is 8.54. The van der Waals surface area contributed by atoms with Crippen LogP contribution in [0.5, 0.6) is 11.5 Å². The van der Waals surface area contributed by atoms with E-state index in [1.54, 1.807) is 13.2 Å². The van der Waals surface area contributed by atoms with Crippen molar-refractivity contribution in [1.29, 1.82) is 0 Å². The number of hydrogen-bond donors (Lipinski definition) is 1. The zero-order chi connectivity index (χ0) is 19.5. The third-order valence-electron chi connectivity index (χ3n) is 3.76. The summed E-state index contributed by atoms with van der Waals surface area (Å²) in [6, 6.07) is 13.1. The molecule has 0 atom stereocenters. The first-order chi connectivity index (χ1) is 13.1. The molecule has 0 saturated carbocycles. The summed E-state index contributed by atoms with van der Waals surface area (Å²) < 4.78 is 10.7. The number of aryl methyl sites for hydroxylation is 1. The van der Waals surface area contributed by atoms with E-state index in [4.69, 9.17) is 27.5 Å². The van der Waals surface area contributed by atoms with E-state index >= 15 is 0 Å². The van der Waals surface area contributed by atoms with Crippen molar-refractivity contribution in [2.75, 3.05) is 20.3 Å². The SMILES string of the molecule is C#CCOc1ccc(CCC(=O)NCC=Cc2cccc(Cl)c2)cc1OC. The maximum absolute atomic E-state index is 12.0. The Bertz CT molecular complexity index is 840. The lowest BCUT2D eigenvalue weighted by Crippen LogP contribution is -2.23. The van der Waals surface area contributed by atoms with Gasteiger partial charge in [-0.1, -0.05) is 47.9 Å². The first-order valence-corrected chi connectivity index (χ1v) is 8.92. The summed E-state index contributed by atoms with van der Waals surface area (Å²) in [6.45, 7) is 0.647. The van der Waals surface area contributed by atoms with Gasteiger partial charge in [0, 0.05) is 18.0 Å². The highest BCUT2D eigenvalue weighted by Crippen LogP contribution is 2.28. The lowest BCUT2D eigenvalue weighted by Gasteiger charge is -2.10. The molecule has 140 valence electrons. The van der Waals surface area contributed by atoms with Crippen LogP contribution in [0, 0.1) is 12.3 Å². The topological polar surface area (TPSA) is 47.6 Å². The molecular formula is C22H22ClNO3. The number of benzene rings is 2. The Labute approximate surface area is 165 Å². The fraction of sp³-hybridized carbons (Fsp3) is 0.227. The number of halogens is 1. The van der Waals surface area contributed by atoms with Crippen LogP contribution >= 0.6 is 11.6 Å². The van der Waals surface area contributed by atoms with Crippen molar-refractivity contribution < 1.29 is 14.3 Å². The molecule has 2 rings (SSSR count). The number of terminal acetylenes is 1. The van der Waals surface area contributed by atoms with Crippen LogP contribution in [-0.2, 0) is 11.2 Å². The summed E-state index contributed by atoms with van der Waals surface area (Å²) >= 11 is 5.93. The maximum Gasteiger partial charge on any atom is 0.220 e. The van der Waals surface area contributed by atoms with E-state index in [2.05, 4.69) is 11.2 Å². The predicted octanol–water partition coefficient (Wildman–Crippen LogP) is 4.12. The van der Waals surface area contributed by atoms with Crippen molar-refractivity contribution in [1.82, 2.24) is 5.32 Å². The highest BCUT2D eigenvalue weighted by molar-refractivity contribution is 6.30. The lowest BCUT2D eigenvalue weighted by atomic mass is 10.1. The molecule has 0 aromatic heterocycles. The molecule has 0 unspecified atom stereocenters. The highest BCUT2D eigenvalue weighted by atomic mass is 35.5. The van der Waals surface area contributed by atoms with E-state index in [0.29, 0.717) is 35.9 Å². The number of amides is 1. The Morgan fingerprint density at radius 3 is 2.85 bits per heavy atom. The van der Waals surface area contributed by atoms with Crippen molar-refractivity contribution >= 4 is 23.6 Å². The van der Waals surface area contributed by atoms with Gasteiger partial charge in [0.05, 0.1) is 7.11 Å². The number of hydrogen-bond acceptors (Lipinski definition) is 3. The van der Waals surface area contributed by atoms with Crippen LogP contribution < -0.4 is 14.8 Å². The van der Waals surface area contributed by atoms with E-state index in [0.717, 1.165) is 11.1 Å². The van der Waals surface area contributed by atoms with Crippen LogP contribution in [0.2, 0.25) is 5.02 Å². The van der Waals surface area contributed by atoms with Crippen molar-refractivity contribution in [3.05, 3.63) is 64.7 Å². The normalized spacial score (nSPS) is 10.4. The summed E-state index contributed by atoms with van der Waals surface area (Å²) in [7, 11) is 1.57. The molecular weight excluding hydrogens is 362 g/mol. The fourth-order valence-electron chi connectivity index (χ4n) is 2.43. The predicted molar refractivity (Wildman–Crippen MR) is 109 cm³/mol. The Kier molecular flexibility index (Phi) is 8.28. The van der Waals surface area contributed by atoms with E-state index in [-0.39, 0.29) is 12.5 Å². The van der Waals surface area contributed by atoms with Crippen LogP contribution in [0.25, 0.3) is 6.08 Å². The molecule has 2 aromatic rings. The van der Waals surface area contributed by atoms with Crippen molar-refractivity contribution in [3.63, 3.8) is 0 Å². The lowest BCUT2D eigenvalue weighted by molar-refractivity contribution is -0.120. The quantitative estimate of drug-likeness (QED) is 0.662. The van der Waals surface area contributed by atoms with Crippen molar-refractivity contribution in [3.8, 4) is 23.8 Å². The Morgan fingerprint density at radius 2 is 2.11 bits per heavy atom. The van der Waals surface area contributed by atoms with Gasteiger partial charge in [0.25, 0.3) is 0 Å². The van der Waals surface area contributed by atoms with Gasteiger partial charge in [0.2, 0.25) is 5.91 Å². The molecule has 2 aromatic carbocycles. The molecule has 0 aliphatic carbocycles. The number of carbonyl (C=O) groups is 1. The molecule has 1 N–H and O–H groups in total. The van der Waals surface area contributed by atoms with Gasteiger partial charge in [-0.15, -0.1) is 6.42 Å². The summed E-state index contributed by atoms with van der Waals surface area (Å²) in [5.41, 5.74) is 1.99. The number of nitrogens with one attached hydrogen (secondary N) is 1. The molecule has 0 heterocycles. The van der Waals surface area contributed by atoms with Gasteiger partial charge >= 0.3 is 0 Å². The standard InChI is InChI=1S/C22H22ClNO3/c1-3-14-27-20-11-9-18(16-21(20)26-2)10-12-22(25)24-13-5-7-17-6-4-8-19(23)15-17/h1,4-9,11,15-16H,10,12-14H2,2H3,(H,24,25). The molecule has 0 radical (unpaired) electrons. The maximum atomic E-state index is 12.0. The molecule has 0 spiro atoms. The minimum absolute atomic E-state index is 0.0163. The van der Waals surface area contributed by atoms with E-state index < -0.39 is 0 Å². The second kappa shape index (κ2) is 10.9. The Balaban J connectivity index is 1.79.